The lowest BCUT2D eigenvalue weighted by Gasteiger charge is -2.24. The van der Waals surface area contributed by atoms with E-state index < -0.39 is 0 Å². The number of rotatable bonds is 7. The van der Waals surface area contributed by atoms with E-state index in [4.69, 9.17) is 15.2 Å². The SMILES string of the molecule is COCCN(Cc1cnn(C)c1)c1cc([C@@H]2CCOC2)nc(N)n1. The molecule has 3 rings (SSSR count). The Morgan fingerprint density at radius 2 is 2.33 bits per heavy atom. The van der Waals surface area contributed by atoms with E-state index in [1.165, 1.54) is 0 Å². The predicted molar refractivity (Wildman–Crippen MR) is 90.8 cm³/mol. The first kappa shape index (κ1) is 16.7. The lowest BCUT2D eigenvalue weighted by atomic mass is 10.0. The maximum atomic E-state index is 5.95. The predicted octanol–water partition coefficient (Wildman–Crippen LogP) is 0.949. The van der Waals surface area contributed by atoms with Crippen molar-refractivity contribution in [3.8, 4) is 0 Å². The molecule has 2 N–H and O–H groups in total. The number of methoxy groups -OCH3 is 1. The molecule has 1 saturated heterocycles. The number of hydrogen-bond acceptors (Lipinski definition) is 7. The Kier molecular flexibility index (Phi) is 5.27. The minimum atomic E-state index is 0.289. The average Bonchev–Trinajstić information content (AvgIpc) is 3.22. The van der Waals surface area contributed by atoms with Gasteiger partial charge in [0.15, 0.2) is 0 Å². The molecule has 0 aromatic carbocycles. The summed E-state index contributed by atoms with van der Waals surface area (Å²) in [7, 11) is 3.60. The van der Waals surface area contributed by atoms with Crippen LogP contribution in [0.4, 0.5) is 11.8 Å². The summed E-state index contributed by atoms with van der Waals surface area (Å²) >= 11 is 0. The van der Waals surface area contributed by atoms with Crippen LogP contribution in [0.5, 0.6) is 0 Å². The van der Waals surface area contributed by atoms with Gasteiger partial charge in [-0.1, -0.05) is 0 Å². The third kappa shape index (κ3) is 4.01. The highest BCUT2D eigenvalue weighted by atomic mass is 16.5. The van der Waals surface area contributed by atoms with E-state index in [-0.39, 0.29) is 5.92 Å². The first-order chi connectivity index (χ1) is 11.7. The third-order valence-corrected chi connectivity index (χ3v) is 4.12. The molecule has 0 amide bonds. The Balaban J connectivity index is 1.85. The van der Waals surface area contributed by atoms with E-state index in [9.17, 15) is 0 Å². The highest BCUT2D eigenvalue weighted by molar-refractivity contribution is 5.45. The molecular weight excluding hydrogens is 308 g/mol. The van der Waals surface area contributed by atoms with Gasteiger partial charge < -0.3 is 20.1 Å². The van der Waals surface area contributed by atoms with Crippen LogP contribution in [0.3, 0.4) is 0 Å². The maximum absolute atomic E-state index is 5.95. The molecule has 1 aliphatic heterocycles. The van der Waals surface area contributed by atoms with Crippen molar-refractivity contribution in [2.75, 3.05) is 44.1 Å². The van der Waals surface area contributed by atoms with Gasteiger partial charge in [-0.15, -0.1) is 0 Å². The zero-order chi connectivity index (χ0) is 16.9. The highest BCUT2D eigenvalue weighted by Crippen LogP contribution is 2.27. The molecule has 2 aromatic heterocycles. The minimum absolute atomic E-state index is 0.289. The fourth-order valence-corrected chi connectivity index (χ4v) is 2.86. The van der Waals surface area contributed by atoms with Gasteiger partial charge >= 0.3 is 0 Å². The van der Waals surface area contributed by atoms with Crippen LogP contribution in [-0.2, 0) is 23.1 Å². The standard InChI is InChI=1S/C16H24N6O2/c1-21-9-12(8-18-21)10-22(4-6-23-2)15-7-14(19-16(17)20-15)13-3-5-24-11-13/h7-9,13H,3-6,10-11H2,1-2H3,(H2,17,19,20)/t13-/m1/s1. The first-order valence-corrected chi connectivity index (χ1v) is 8.09. The van der Waals surface area contributed by atoms with Crippen molar-refractivity contribution >= 4 is 11.8 Å². The molecule has 1 atom stereocenters. The van der Waals surface area contributed by atoms with Gasteiger partial charge in [-0.2, -0.15) is 10.1 Å². The topological polar surface area (TPSA) is 91.3 Å². The van der Waals surface area contributed by atoms with E-state index in [0.717, 1.165) is 30.1 Å². The second-order valence-electron chi connectivity index (χ2n) is 6.01. The van der Waals surface area contributed by atoms with Crippen molar-refractivity contribution in [3.63, 3.8) is 0 Å². The van der Waals surface area contributed by atoms with Gasteiger partial charge in [0.2, 0.25) is 5.95 Å². The van der Waals surface area contributed by atoms with Crippen LogP contribution in [0.25, 0.3) is 0 Å². The summed E-state index contributed by atoms with van der Waals surface area (Å²) in [4.78, 5) is 11.0. The second-order valence-corrected chi connectivity index (χ2v) is 6.01. The van der Waals surface area contributed by atoms with Crippen LogP contribution in [0, 0.1) is 0 Å². The van der Waals surface area contributed by atoms with Crippen LogP contribution in [0.15, 0.2) is 18.5 Å². The normalized spacial score (nSPS) is 17.3. The Morgan fingerprint density at radius 1 is 1.46 bits per heavy atom. The van der Waals surface area contributed by atoms with Gasteiger partial charge in [0.1, 0.15) is 5.82 Å². The highest BCUT2D eigenvalue weighted by Gasteiger charge is 2.22. The fraction of sp³-hybridized carbons (Fsp3) is 0.562. The maximum Gasteiger partial charge on any atom is 0.222 e. The van der Waals surface area contributed by atoms with Crippen LogP contribution >= 0.6 is 0 Å². The molecule has 0 saturated carbocycles. The van der Waals surface area contributed by atoms with Crippen molar-refractivity contribution in [1.29, 1.82) is 0 Å². The summed E-state index contributed by atoms with van der Waals surface area (Å²) in [6.07, 6.45) is 4.82. The summed E-state index contributed by atoms with van der Waals surface area (Å²) in [6.45, 7) is 3.46. The summed E-state index contributed by atoms with van der Waals surface area (Å²) in [5, 5.41) is 4.23. The van der Waals surface area contributed by atoms with Gasteiger partial charge in [0.05, 0.1) is 25.1 Å². The molecule has 24 heavy (non-hydrogen) atoms. The Labute approximate surface area is 141 Å². The Bertz CT molecular complexity index is 668. The van der Waals surface area contributed by atoms with E-state index in [1.54, 1.807) is 11.8 Å². The number of nitrogens with two attached hydrogens (primary N) is 1. The van der Waals surface area contributed by atoms with Gasteiger partial charge in [-0.3, -0.25) is 4.68 Å². The van der Waals surface area contributed by atoms with Crippen molar-refractivity contribution in [3.05, 3.63) is 29.7 Å². The monoisotopic (exact) mass is 332 g/mol. The number of nitrogens with zero attached hydrogens (tertiary/aromatic N) is 5. The van der Waals surface area contributed by atoms with Gasteiger partial charge in [0.25, 0.3) is 0 Å². The fourth-order valence-electron chi connectivity index (χ4n) is 2.86. The molecule has 130 valence electrons. The van der Waals surface area contributed by atoms with Crippen LogP contribution in [0.2, 0.25) is 0 Å². The number of anilines is 2. The number of hydrogen-bond donors (Lipinski definition) is 1. The molecular formula is C16H24N6O2. The van der Waals surface area contributed by atoms with E-state index in [0.29, 0.717) is 32.3 Å². The van der Waals surface area contributed by atoms with Crippen LogP contribution < -0.4 is 10.6 Å². The van der Waals surface area contributed by atoms with Gasteiger partial charge in [-0.25, -0.2) is 4.98 Å². The zero-order valence-electron chi connectivity index (χ0n) is 14.2. The largest absolute Gasteiger partial charge is 0.383 e. The van der Waals surface area contributed by atoms with Crippen LogP contribution in [0.1, 0.15) is 23.6 Å². The Hall–Kier alpha value is -2.19. The number of nitrogen functional groups attached to an aromatic ring is 1. The van der Waals surface area contributed by atoms with Gasteiger partial charge in [-0.05, 0) is 6.42 Å². The number of ether oxygens (including phenoxy) is 2. The molecule has 8 heteroatoms. The summed E-state index contributed by atoms with van der Waals surface area (Å²) < 4.78 is 12.5. The molecule has 0 aliphatic carbocycles. The zero-order valence-corrected chi connectivity index (χ0v) is 14.2. The molecule has 1 aliphatic rings. The Morgan fingerprint density at radius 3 is 3.00 bits per heavy atom. The van der Waals surface area contributed by atoms with Gasteiger partial charge in [0, 0.05) is 57.6 Å². The molecule has 0 spiro atoms. The molecule has 0 radical (unpaired) electrons. The molecule has 2 aromatic rings. The molecule has 3 heterocycles. The van der Waals surface area contributed by atoms with Crippen LogP contribution in [-0.4, -0.2) is 53.2 Å². The number of aryl methyl sites for hydroxylation is 1. The minimum Gasteiger partial charge on any atom is -0.383 e. The van der Waals surface area contributed by atoms with E-state index >= 15 is 0 Å². The first-order valence-electron chi connectivity index (χ1n) is 8.09. The smallest absolute Gasteiger partial charge is 0.222 e. The molecule has 1 fully saturated rings. The quantitative estimate of drug-likeness (QED) is 0.807. The third-order valence-electron chi connectivity index (χ3n) is 4.12. The van der Waals surface area contributed by atoms with E-state index in [1.807, 2.05) is 25.5 Å². The summed E-state index contributed by atoms with van der Waals surface area (Å²) in [6, 6.07) is 2.02. The molecule has 0 bridgehead atoms. The summed E-state index contributed by atoms with van der Waals surface area (Å²) in [5.41, 5.74) is 8.01. The van der Waals surface area contributed by atoms with E-state index in [2.05, 4.69) is 20.0 Å². The summed E-state index contributed by atoms with van der Waals surface area (Å²) in [5.74, 6) is 1.39. The second kappa shape index (κ2) is 7.59. The average molecular weight is 332 g/mol. The van der Waals surface area contributed by atoms with Crippen molar-refractivity contribution < 1.29 is 9.47 Å². The number of aromatic nitrogens is 4. The van der Waals surface area contributed by atoms with Crippen molar-refractivity contribution in [1.82, 2.24) is 19.7 Å². The molecule has 0 unspecified atom stereocenters. The van der Waals surface area contributed by atoms with Crippen molar-refractivity contribution in [2.24, 2.45) is 7.05 Å². The lowest BCUT2D eigenvalue weighted by molar-refractivity contribution is 0.193. The van der Waals surface area contributed by atoms with Crippen molar-refractivity contribution in [2.45, 2.75) is 18.9 Å². The lowest BCUT2D eigenvalue weighted by Crippen LogP contribution is -2.28. The molecule has 8 nitrogen and oxygen atoms in total.